The van der Waals surface area contributed by atoms with Crippen molar-refractivity contribution < 1.29 is 5.11 Å². The molecule has 0 amide bonds. The molecule has 2 N–H and O–H groups in total. The highest BCUT2D eigenvalue weighted by atomic mass is 16.3. The van der Waals surface area contributed by atoms with Crippen LogP contribution >= 0.6 is 0 Å². The van der Waals surface area contributed by atoms with Crippen LogP contribution in [0.2, 0.25) is 0 Å². The number of nitrogens with one attached hydrogen (secondary N) is 1. The molecule has 0 radical (unpaired) electrons. The van der Waals surface area contributed by atoms with Crippen LogP contribution in [0, 0.1) is 0 Å². The van der Waals surface area contributed by atoms with Crippen molar-refractivity contribution in [3.8, 4) is 0 Å². The smallest absolute Gasteiger partial charge is 0.0606 e. The predicted molar refractivity (Wildman–Crippen MR) is 62.1 cm³/mol. The molecule has 0 aliphatic rings. The molecule has 0 fully saturated rings. The summed E-state index contributed by atoms with van der Waals surface area (Å²) in [6, 6.07) is 4.29. The van der Waals surface area contributed by atoms with E-state index in [0.717, 1.165) is 11.4 Å². The molecule has 1 rings (SSSR count). The highest BCUT2D eigenvalue weighted by Crippen LogP contribution is 2.14. The van der Waals surface area contributed by atoms with E-state index in [9.17, 15) is 0 Å². The van der Waals surface area contributed by atoms with E-state index in [0.29, 0.717) is 6.54 Å². The van der Waals surface area contributed by atoms with Crippen LogP contribution < -0.4 is 10.2 Å². The molecule has 1 aromatic rings. The quantitative estimate of drug-likeness (QED) is 0.753. The maximum absolute atomic E-state index is 8.81. The lowest BCUT2D eigenvalue weighted by Gasteiger charge is -2.18. The van der Waals surface area contributed by atoms with Gasteiger partial charge in [-0.05, 0) is 26.1 Å². The molecular weight excluding hydrogens is 190 g/mol. The molecule has 4 nitrogen and oxygen atoms in total. The molecule has 4 heteroatoms. The summed E-state index contributed by atoms with van der Waals surface area (Å²) in [5.41, 5.74) is 2.05. The van der Waals surface area contributed by atoms with Gasteiger partial charge in [0.2, 0.25) is 0 Å². The van der Waals surface area contributed by atoms with Crippen molar-refractivity contribution in [2.75, 3.05) is 32.1 Å². The molecule has 0 spiro atoms. The van der Waals surface area contributed by atoms with Crippen molar-refractivity contribution in [1.29, 1.82) is 0 Å². The van der Waals surface area contributed by atoms with Crippen LogP contribution in [-0.4, -0.2) is 37.3 Å². The van der Waals surface area contributed by atoms with Gasteiger partial charge in [-0.2, -0.15) is 0 Å². The van der Waals surface area contributed by atoms with E-state index in [2.05, 4.69) is 17.2 Å². The Morgan fingerprint density at radius 1 is 1.53 bits per heavy atom. The van der Waals surface area contributed by atoms with Gasteiger partial charge < -0.3 is 15.3 Å². The molecule has 15 heavy (non-hydrogen) atoms. The maximum atomic E-state index is 8.81. The Morgan fingerprint density at radius 3 is 2.73 bits per heavy atom. The summed E-state index contributed by atoms with van der Waals surface area (Å²) in [6.45, 7) is 2.85. The Morgan fingerprint density at radius 2 is 2.27 bits per heavy atom. The molecule has 1 heterocycles. The SMILES string of the molecule is CNC(C)c1ccc(N(C)CCO)cn1. The third-order valence-corrected chi connectivity index (χ3v) is 2.52. The number of aliphatic hydroxyl groups is 1. The first-order valence-corrected chi connectivity index (χ1v) is 5.14. The van der Waals surface area contributed by atoms with Gasteiger partial charge in [-0.3, -0.25) is 4.98 Å². The van der Waals surface area contributed by atoms with Gasteiger partial charge in [0.1, 0.15) is 0 Å². The standard InChI is InChI=1S/C11H19N3O/c1-9(12-2)11-5-4-10(8-13-11)14(3)6-7-15/h4-5,8-9,12,15H,6-7H2,1-3H3. The van der Waals surface area contributed by atoms with E-state index in [-0.39, 0.29) is 12.6 Å². The van der Waals surface area contributed by atoms with E-state index in [1.807, 2.05) is 37.3 Å². The van der Waals surface area contributed by atoms with Crippen molar-refractivity contribution in [3.05, 3.63) is 24.0 Å². The van der Waals surface area contributed by atoms with Crippen LogP contribution in [0.4, 0.5) is 5.69 Å². The Balaban J connectivity index is 2.71. The number of hydrogen-bond donors (Lipinski definition) is 2. The van der Waals surface area contributed by atoms with E-state index >= 15 is 0 Å². The number of likely N-dealkylation sites (N-methyl/N-ethyl adjacent to an activating group) is 1. The molecule has 0 aliphatic heterocycles. The summed E-state index contributed by atoms with van der Waals surface area (Å²) in [4.78, 5) is 6.34. The molecule has 0 bridgehead atoms. The van der Waals surface area contributed by atoms with Crippen LogP contribution in [0.5, 0.6) is 0 Å². The molecule has 1 atom stereocenters. The van der Waals surface area contributed by atoms with E-state index in [1.54, 1.807) is 0 Å². The number of rotatable bonds is 5. The molecule has 0 aromatic carbocycles. The van der Waals surface area contributed by atoms with Gasteiger partial charge in [-0.15, -0.1) is 0 Å². The highest BCUT2D eigenvalue weighted by molar-refractivity contribution is 5.43. The lowest BCUT2D eigenvalue weighted by atomic mass is 10.2. The summed E-state index contributed by atoms with van der Waals surface area (Å²) >= 11 is 0. The summed E-state index contributed by atoms with van der Waals surface area (Å²) in [6.07, 6.45) is 1.83. The Hall–Kier alpha value is -1.13. The number of anilines is 1. The molecular formula is C11H19N3O. The Bertz CT molecular complexity index is 286. The van der Waals surface area contributed by atoms with Gasteiger partial charge in [0, 0.05) is 19.6 Å². The van der Waals surface area contributed by atoms with Crippen molar-refractivity contribution in [1.82, 2.24) is 10.3 Å². The van der Waals surface area contributed by atoms with Crippen LogP contribution in [0.25, 0.3) is 0 Å². The number of aromatic nitrogens is 1. The number of nitrogens with zero attached hydrogens (tertiary/aromatic N) is 2. The molecule has 0 aliphatic carbocycles. The minimum atomic E-state index is 0.158. The van der Waals surface area contributed by atoms with Crippen molar-refractivity contribution in [2.45, 2.75) is 13.0 Å². The topological polar surface area (TPSA) is 48.4 Å². The summed E-state index contributed by atoms with van der Waals surface area (Å²) in [5.74, 6) is 0. The average Bonchev–Trinajstić information content (AvgIpc) is 2.28. The Kier molecular flexibility index (Phi) is 4.52. The van der Waals surface area contributed by atoms with Crippen molar-refractivity contribution in [2.24, 2.45) is 0 Å². The Labute approximate surface area is 90.9 Å². The normalized spacial score (nSPS) is 12.5. The minimum absolute atomic E-state index is 0.158. The fourth-order valence-corrected chi connectivity index (χ4v) is 1.31. The first kappa shape index (κ1) is 11.9. The summed E-state index contributed by atoms with van der Waals surface area (Å²) in [5, 5.41) is 11.9. The third kappa shape index (κ3) is 3.18. The lowest BCUT2D eigenvalue weighted by Crippen LogP contribution is -2.21. The second kappa shape index (κ2) is 5.68. The number of hydrogen-bond acceptors (Lipinski definition) is 4. The highest BCUT2D eigenvalue weighted by Gasteiger charge is 2.05. The van der Waals surface area contributed by atoms with Gasteiger partial charge in [-0.1, -0.05) is 0 Å². The molecule has 0 saturated carbocycles. The van der Waals surface area contributed by atoms with Gasteiger partial charge in [0.05, 0.1) is 24.2 Å². The van der Waals surface area contributed by atoms with Gasteiger partial charge in [-0.25, -0.2) is 0 Å². The fourth-order valence-electron chi connectivity index (χ4n) is 1.31. The predicted octanol–water partition coefficient (Wildman–Crippen LogP) is 0.790. The van der Waals surface area contributed by atoms with Crippen LogP contribution in [0.15, 0.2) is 18.3 Å². The van der Waals surface area contributed by atoms with Gasteiger partial charge >= 0.3 is 0 Å². The van der Waals surface area contributed by atoms with Crippen LogP contribution in [-0.2, 0) is 0 Å². The fraction of sp³-hybridized carbons (Fsp3) is 0.545. The zero-order valence-electron chi connectivity index (χ0n) is 9.57. The van der Waals surface area contributed by atoms with Crippen LogP contribution in [0.3, 0.4) is 0 Å². The monoisotopic (exact) mass is 209 g/mol. The van der Waals surface area contributed by atoms with Gasteiger partial charge in [0.25, 0.3) is 0 Å². The number of pyridine rings is 1. The van der Waals surface area contributed by atoms with E-state index in [4.69, 9.17) is 5.11 Å². The first-order chi connectivity index (χ1) is 7.19. The van der Waals surface area contributed by atoms with Crippen molar-refractivity contribution >= 4 is 5.69 Å². The number of aliphatic hydroxyl groups excluding tert-OH is 1. The van der Waals surface area contributed by atoms with Crippen LogP contribution in [0.1, 0.15) is 18.7 Å². The van der Waals surface area contributed by atoms with E-state index in [1.165, 1.54) is 0 Å². The summed E-state index contributed by atoms with van der Waals surface area (Å²) in [7, 11) is 3.85. The molecule has 84 valence electrons. The molecule has 1 aromatic heterocycles. The molecule has 1 unspecified atom stereocenters. The second-order valence-electron chi connectivity index (χ2n) is 3.60. The zero-order valence-corrected chi connectivity index (χ0v) is 9.57. The molecule has 0 saturated heterocycles. The summed E-state index contributed by atoms with van der Waals surface area (Å²) < 4.78 is 0. The minimum Gasteiger partial charge on any atom is -0.395 e. The third-order valence-electron chi connectivity index (χ3n) is 2.52. The average molecular weight is 209 g/mol. The zero-order chi connectivity index (χ0) is 11.3. The van der Waals surface area contributed by atoms with Crippen molar-refractivity contribution in [3.63, 3.8) is 0 Å². The lowest BCUT2D eigenvalue weighted by molar-refractivity contribution is 0.304. The van der Waals surface area contributed by atoms with E-state index < -0.39 is 0 Å². The first-order valence-electron chi connectivity index (χ1n) is 5.14. The second-order valence-corrected chi connectivity index (χ2v) is 3.60. The maximum Gasteiger partial charge on any atom is 0.0606 e. The van der Waals surface area contributed by atoms with Gasteiger partial charge in [0.15, 0.2) is 0 Å². The largest absolute Gasteiger partial charge is 0.395 e.